The Bertz CT molecular complexity index is 252. The lowest BCUT2D eigenvalue weighted by Gasteiger charge is -2.31. The van der Waals surface area contributed by atoms with Crippen molar-refractivity contribution in [2.75, 3.05) is 19.6 Å². The summed E-state index contributed by atoms with van der Waals surface area (Å²) in [5.41, 5.74) is 0. The van der Waals surface area contributed by atoms with Crippen molar-refractivity contribution in [3.8, 4) is 6.07 Å². The number of carbonyl (C=O) groups is 1. The van der Waals surface area contributed by atoms with Crippen molar-refractivity contribution >= 4 is 5.97 Å². The topological polar surface area (TPSA) is 64.3 Å². The molecule has 1 aliphatic heterocycles. The third kappa shape index (κ3) is 5.13. The molecule has 0 aromatic heterocycles. The third-order valence-electron chi connectivity index (χ3n) is 3.25. The molecule has 0 amide bonds. The van der Waals surface area contributed by atoms with Crippen molar-refractivity contribution in [3.05, 3.63) is 0 Å². The predicted octanol–water partition coefficient (Wildman–Crippen LogP) is 1.87. The highest BCUT2D eigenvalue weighted by atomic mass is 16.4. The molecule has 0 aromatic rings. The molecule has 0 aliphatic carbocycles. The van der Waals surface area contributed by atoms with Crippen LogP contribution in [0.4, 0.5) is 0 Å². The first-order chi connectivity index (χ1) is 7.72. The van der Waals surface area contributed by atoms with E-state index in [9.17, 15) is 4.79 Å². The molecule has 1 fully saturated rings. The summed E-state index contributed by atoms with van der Waals surface area (Å²) in [7, 11) is 0. The predicted molar refractivity (Wildman–Crippen MR) is 60.9 cm³/mol. The van der Waals surface area contributed by atoms with Gasteiger partial charge in [0.05, 0.1) is 12.5 Å². The van der Waals surface area contributed by atoms with Gasteiger partial charge in [0, 0.05) is 13.0 Å². The van der Waals surface area contributed by atoms with Crippen LogP contribution in [-0.2, 0) is 4.79 Å². The van der Waals surface area contributed by atoms with Gasteiger partial charge in [-0.3, -0.25) is 4.79 Å². The zero-order chi connectivity index (χ0) is 11.8. The number of hydrogen-bond donors (Lipinski definition) is 1. The average molecular weight is 224 g/mol. The van der Waals surface area contributed by atoms with Crippen molar-refractivity contribution in [2.24, 2.45) is 5.92 Å². The number of likely N-dealkylation sites (tertiary alicyclic amines) is 1. The Morgan fingerprint density at radius 3 is 2.69 bits per heavy atom. The summed E-state index contributed by atoms with van der Waals surface area (Å²) in [5.74, 6) is 0.0329. The summed E-state index contributed by atoms with van der Waals surface area (Å²) in [6.07, 6.45) is 5.39. The van der Waals surface area contributed by atoms with E-state index in [2.05, 4.69) is 11.0 Å². The number of carboxylic acid groups (broad SMARTS) is 1. The number of aliphatic carboxylic acids is 1. The van der Waals surface area contributed by atoms with Crippen molar-refractivity contribution in [1.29, 1.82) is 5.26 Å². The van der Waals surface area contributed by atoms with Gasteiger partial charge in [0.25, 0.3) is 0 Å². The molecule has 1 N–H and O–H groups in total. The summed E-state index contributed by atoms with van der Waals surface area (Å²) in [4.78, 5) is 12.7. The smallest absolute Gasteiger partial charge is 0.304 e. The number of carboxylic acids is 1. The number of nitrogens with zero attached hydrogens (tertiary/aromatic N) is 2. The van der Waals surface area contributed by atoms with Crippen LogP contribution in [0.5, 0.6) is 0 Å². The minimum absolute atomic E-state index is 0.249. The molecule has 16 heavy (non-hydrogen) atoms. The molecule has 4 nitrogen and oxygen atoms in total. The van der Waals surface area contributed by atoms with Gasteiger partial charge in [-0.05, 0) is 44.7 Å². The van der Waals surface area contributed by atoms with E-state index >= 15 is 0 Å². The minimum atomic E-state index is -0.712. The molecular formula is C12H20N2O2. The van der Waals surface area contributed by atoms with E-state index in [1.807, 2.05) is 0 Å². The summed E-state index contributed by atoms with van der Waals surface area (Å²) in [6, 6.07) is 2.17. The number of piperidine rings is 1. The second-order valence-electron chi connectivity index (χ2n) is 4.48. The molecule has 0 saturated carbocycles. The maximum absolute atomic E-state index is 10.4. The molecule has 0 spiro atoms. The molecule has 0 aromatic carbocycles. The summed E-state index contributed by atoms with van der Waals surface area (Å²) in [6.45, 7) is 2.72. The number of hydrogen-bond acceptors (Lipinski definition) is 3. The first kappa shape index (κ1) is 13.0. The fourth-order valence-electron chi connectivity index (χ4n) is 2.22. The highest BCUT2D eigenvalue weighted by Gasteiger charge is 2.18. The lowest BCUT2D eigenvalue weighted by molar-refractivity contribution is -0.137. The molecule has 4 heteroatoms. The standard InChI is InChI=1S/C12H20N2O2/c13-7-2-1-3-11-4-8-14(9-5-11)10-6-12(15)16/h11H,1-6,8-10H2,(H,15,16). The molecule has 1 heterocycles. The van der Waals surface area contributed by atoms with Gasteiger partial charge >= 0.3 is 5.97 Å². The molecular weight excluding hydrogens is 204 g/mol. The van der Waals surface area contributed by atoms with Gasteiger partial charge in [0.2, 0.25) is 0 Å². The van der Waals surface area contributed by atoms with E-state index in [-0.39, 0.29) is 6.42 Å². The Morgan fingerprint density at radius 2 is 2.12 bits per heavy atom. The Balaban J connectivity index is 2.09. The second-order valence-corrected chi connectivity index (χ2v) is 4.48. The Kier molecular flexibility index (Phi) is 5.87. The summed E-state index contributed by atoms with van der Waals surface area (Å²) >= 11 is 0. The van der Waals surface area contributed by atoms with Gasteiger partial charge in [-0.15, -0.1) is 0 Å². The molecule has 0 atom stereocenters. The lowest BCUT2D eigenvalue weighted by atomic mass is 9.91. The van der Waals surface area contributed by atoms with Crippen LogP contribution >= 0.6 is 0 Å². The monoisotopic (exact) mass is 224 g/mol. The van der Waals surface area contributed by atoms with Gasteiger partial charge < -0.3 is 10.0 Å². The summed E-state index contributed by atoms with van der Waals surface area (Å²) in [5, 5.41) is 17.0. The van der Waals surface area contributed by atoms with Crippen LogP contribution in [0.25, 0.3) is 0 Å². The van der Waals surface area contributed by atoms with Crippen molar-refractivity contribution in [1.82, 2.24) is 4.90 Å². The van der Waals surface area contributed by atoms with Gasteiger partial charge in [-0.1, -0.05) is 0 Å². The van der Waals surface area contributed by atoms with Crippen LogP contribution in [0.1, 0.15) is 38.5 Å². The number of rotatable bonds is 6. The van der Waals surface area contributed by atoms with Crippen molar-refractivity contribution in [3.63, 3.8) is 0 Å². The molecule has 90 valence electrons. The summed E-state index contributed by atoms with van der Waals surface area (Å²) < 4.78 is 0. The van der Waals surface area contributed by atoms with E-state index in [1.165, 1.54) is 0 Å². The van der Waals surface area contributed by atoms with E-state index in [1.54, 1.807) is 0 Å². The number of nitriles is 1. The quantitative estimate of drug-likeness (QED) is 0.699. The first-order valence-corrected chi connectivity index (χ1v) is 6.03. The molecule has 1 saturated heterocycles. The van der Waals surface area contributed by atoms with Gasteiger partial charge in [-0.25, -0.2) is 0 Å². The van der Waals surface area contributed by atoms with Crippen LogP contribution in [0.2, 0.25) is 0 Å². The zero-order valence-corrected chi connectivity index (χ0v) is 9.69. The van der Waals surface area contributed by atoms with E-state index in [0.717, 1.165) is 44.7 Å². The highest BCUT2D eigenvalue weighted by Crippen LogP contribution is 2.22. The largest absolute Gasteiger partial charge is 0.481 e. The fourth-order valence-corrected chi connectivity index (χ4v) is 2.22. The van der Waals surface area contributed by atoms with Gasteiger partial charge in [-0.2, -0.15) is 5.26 Å². The van der Waals surface area contributed by atoms with E-state index in [4.69, 9.17) is 10.4 Å². The highest BCUT2D eigenvalue weighted by molar-refractivity contribution is 5.66. The van der Waals surface area contributed by atoms with E-state index in [0.29, 0.717) is 13.0 Å². The maximum atomic E-state index is 10.4. The molecule has 0 unspecified atom stereocenters. The fraction of sp³-hybridized carbons (Fsp3) is 0.833. The second kappa shape index (κ2) is 7.24. The Labute approximate surface area is 96.9 Å². The SMILES string of the molecule is N#CCCCC1CCN(CCC(=O)O)CC1. The number of unbranched alkanes of at least 4 members (excludes halogenated alkanes) is 1. The Morgan fingerprint density at radius 1 is 1.44 bits per heavy atom. The Hall–Kier alpha value is -1.08. The molecule has 0 bridgehead atoms. The lowest BCUT2D eigenvalue weighted by Crippen LogP contribution is -2.35. The van der Waals surface area contributed by atoms with E-state index < -0.39 is 5.97 Å². The third-order valence-corrected chi connectivity index (χ3v) is 3.25. The minimum Gasteiger partial charge on any atom is -0.481 e. The maximum Gasteiger partial charge on any atom is 0.304 e. The normalized spacial score (nSPS) is 18.2. The van der Waals surface area contributed by atoms with Crippen LogP contribution < -0.4 is 0 Å². The van der Waals surface area contributed by atoms with Crippen LogP contribution in [-0.4, -0.2) is 35.6 Å². The van der Waals surface area contributed by atoms with Crippen LogP contribution in [0.15, 0.2) is 0 Å². The molecule has 1 rings (SSSR count). The van der Waals surface area contributed by atoms with Crippen molar-refractivity contribution < 1.29 is 9.90 Å². The van der Waals surface area contributed by atoms with Gasteiger partial charge in [0.1, 0.15) is 0 Å². The first-order valence-electron chi connectivity index (χ1n) is 6.03. The average Bonchev–Trinajstić information content (AvgIpc) is 2.28. The van der Waals surface area contributed by atoms with Crippen LogP contribution in [0, 0.1) is 17.2 Å². The molecule has 0 radical (unpaired) electrons. The van der Waals surface area contributed by atoms with Gasteiger partial charge in [0.15, 0.2) is 0 Å². The molecule has 1 aliphatic rings. The zero-order valence-electron chi connectivity index (χ0n) is 9.69. The van der Waals surface area contributed by atoms with Crippen molar-refractivity contribution in [2.45, 2.75) is 38.5 Å². The van der Waals surface area contributed by atoms with Crippen LogP contribution in [0.3, 0.4) is 0 Å².